The van der Waals surface area contributed by atoms with E-state index in [2.05, 4.69) is 20.6 Å². The number of nitrogens with one attached hydrogen (secondary N) is 2. The summed E-state index contributed by atoms with van der Waals surface area (Å²) in [6.07, 6.45) is 0. The normalized spacial score (nSPS) is 10.6. The van der Waals surface area contributed by atoms with E-state index in [0.29, 0.717) is 21.5 Å². The molecule has 0 fully saturated rings. The van der Waals surface area contributed by atoms with Gasteiger partial charge in [0, 0.05) is 28.8 Å². The first-order chi connectivity index (χ1) is 14.5. The van der Waals surface area contributed by atoms with Gasteiger partial charge in [-0.15, -0.1) is 11.3 Å². The molecule has 4 aromatic rings. The average molecular weight is 438 g/mol. The third-order valence-electron chi connectivity index (χ3n) is 4.10. The average Bonchev–Trinajstić information content (AvgIpc) is 3.35. The first-order valence-electron chi connectivity index (χ1n) is 8.81. The number of hydrogen-bond acceptors (Lipinski definition) is 8. The zero-order valence-corrected chi connectivity index (χ0v) is 17.3. The molecule has 2 heterocycles. The molecule has 0 aliphatic rings. The molecule has 0 aliphatic heterocycles. The Morgan fingerprint density at radius 1 is 1.07 bits per heavy atom. The molecule has 0 bridgehead atoms. The molecule has 4 rings (SSSR count). The zero-order valence-electron chi connectivity index (χ0n) is 15.7. The Morgan fingerprint density at radius 3 is 2.63 bits per heavy atom. The molecule has 10 heteroatoms. The lowest BCUT2D eigenvalue weighted by Gasteiger charge is -2.01. The van der Waals surface area contributed by atoms with E-state index in [4.69, 9.17) is 0 Å². The number of rotatable bonds is 6. The number of nitro benzene ring substituents is 1. The van der Waals surface area contributed by atoms with Gasteiger partial charge in [0.15, 0.2) is 10.3 Å². The predicted octanol–water partition coefficient (Wildman–Crippen LogP) is 5.48. The molecule has 150 valence electrons. The van der Waals surface area contributed by atoms with Crippen LogP contribution in [0.2, 0.25) is 0 Å². The third kappa shape index (κ3) is 4.34. The summed E-state index contributed by atoms with van der Waals surface area (Å²) in [5, 5.41) is 19.8. The number of nitro groups is 1. The number of non-ortho nitro benzene ring substituents is 1. The van der Waals surface area contributed by atoms with Crippen LogP contribution in [0.25, 0.3) is 10.6 Å². The van der Waals surface area contributed by atoms with Crippen LogP contribution in [-0.2, 0) is 0 Å². The second-order valence-corrected chi connectivity index (χ2v) is 8.08. The van der Waals surface area contributed by atoms with Gasteiger partial charge in [0.05, 0.1) is 21.2 Å². The number of carbonyl (C=O) groups excluding carboxylic acids is 1. The number of thiazole rings is 2. The van der Waals surface area contributed by atoms with Crippen LogP contribution in [0.3, 0.4) is 0 Å². The van der Waals surface area contributed by atoms with Crippen molar-refractivity contribution in [2.24, 2.45) is 0 Å². The van der Waals surface area contributed by atoms with Gasteiger partial charge >= 0.3 is 0 Å². The van der Waals surface area contributed by atoms with E-state index in [0.717, 1.165) is 16.3 Å². The molecule has 0 atom stereocenters. The highest BCUT2D eigenvalue weighted by atomic mass is 32.1. The summed E-state index contributed by atoms with van der Waals surface area (Å²) < 4.78 is 0. The molecule has 1 amide bonds. The highest BCUT2D eigenvalue weighted by Gasteiger charge is 2.16. The largest absolute Gasteiger partial charge is 0.331 e. The Labute approximate surface area is 179 Å². The van der Waals surface area contributed by atoms with Crippen LogP contribution in [0.5, 0.6) is 0 Å². The quantitative estimate of drug-likeness (QED) is 0.305. The summed E-state index contributed by atoms with van der Waals surface area (Å²) in [7, 11) is 0. The first-order valence-corrected chi connectivity index (χ1v) is 10.5. The van der Waals surface area contributed by atoms with Gasteiger partial charge in [-0.2, -0.15) is 0 Å². The van der Waals surface area contributed by atoms with Crippen LogP contribution < -0.4 is 10.6 Å². The fourth-order valence-corrected chi connectivity index (χ4v) is 4.42. The van der Waals surface area contributed by atoms with Crippen molar-refractivity contribution in [2.45, 2.75) is 6.92 Å². The van der Waals surface area contributed by atoms with Crippen LogP contribution in [0.15, 0.2) is 60.0 Å². The SMILES string of the molecule is Cc1nc(NC(=O)c2ccccc2)sc1-c1csc(Nc2cccc([N+](=O)[O-])c2)n1. The van der Waals surface area contributed by atoms with E-state index in [-0.39, 0.29) is 11.6 Å². The van der Waals surface area contributed by atoms with Crippen molar-refractivity contribution in [2.75, 3.05) is 10.6 Å². The minimum Gasteiger partial charge on any atom is -0.331 e. The molecule has 0 saturated carbocycles. The number of carbonyl (C=O) groups is 1. The molecule has 8 nitrogen and oxygen atoms in total. The lowest BCUT2D eigenvalue weighted by molar-refractivity contribution is -0.384. The first kappa shape index (κ1) is 19.7. The molecule has 30 heavy (non-hydrogen) atoms. The maximum absolute atomic E-state index is 12.3. The van der Waals surface area contributed by atoms with Crippen LogP contribution in [-0.4, -0.2) is 20.8 Å². The van der Waals surface area contributed by atoms with Crippen molar-refractivity contribution in [3.63, 3.8) is 0 Å². The molecule has 0 saturated heterocycles. The summed E-state index contributed by atoms with van der Waals surface area (Å²) in [4.78, 5) is 32.7. The van der Waals surface area contributed by atoms with Crippen molar-refractivity contribution in [3.05, 3.63) is 81.3 Å². The van der Waals surface area contributed by atoms with Gasteiger partial charge in [0.25, 0.3) is 11.6 Å². The molecule has 0 aliphatic carbocycles. The van der Waals surface area contributed by atoms with E-state index in [1.54, 1.807) is 36.4 Å². The number of amides is 1. The van der Waals surface area contributed by atoms with Gasteiger partial charge in [-0.3, -0.25) is 20.2 Å². The third-order valence-corrected chi connectivity index (χ3v) is 5.95. The van der Waals surface area contributed by atoms with Gasteiger partial charge in [-0.25, -0.2) is 9.97 Å². The van der Waals surface area contributed by atoms with E-state index in [1.165, 1.54) is 34.8 Å². The van der Waals surface area contributed by atoms with Gasteiger partial charge < -0.3 is 5.32 Å². The fraction of sp³-hybridized carbons (Fsp3) is 0.0500. The topological polar surface area (TPSA) is 110 Å². The van der Waals surface area contributed by atoms with Gasteiger partial charge in [0.1, 0.15) is 0 Å². The predicted molar refractivity (Wildman–Crippen MR) is 119 cm³/mol. The number of anilines is 3. The number of aromatic nitrogens is 2. The van der Waals surface area contributed by atoms with Crippen molar-refractivity contribution in [3.8, 4) is 10.6 Å². The number of hydrogen-bond donors (Lipinski definition) is 2. The van der Waals surface area contributed by atoms with E-state index >= 15 is 0 Å². The summed E-state index contributed by atoms with van der Waals surface area (Å²) in [6.45, 7) is 1.86. The Morgan fingerprint density at radius 2 is 1.87 bits per heavy atom. The Bertz CT molecular complexity index is 1220. The summed E-state index contributed by atoms with van der Waals surface area (Å²) in [5.41, 5.74) is 2.64. The van der Waals surface area contributed by atoms with E-state index in [1.807, 2.05) is 18.4 Å². The molecular weight excluding hydrogens is 422 g/mol. The second-order valence-electron chi connectivity index (χ2n) is 6.22. The Hall–Kier alpha value is -3.63. The Kier molecular flexibility index (Phi) is 5.50. The van der Waals surface area contributed by atoms with Crippen molar-refractivity contribution < 1.29 is 9.72 Å². The van der Waals surface area contributed by atoms with E-state index in [9.17, 15) is 14.9 Å². The minimum absolute atomic E-state index is 0.00822. The van der Waals surface area contributed by atoms with Gasteiger partial charge in [-0.1, -0.05) is 35.6 Å². The highest BCUT2D eigenvalue weighted by molar-refractivity contribution is 7.20. The van der Waals surface area contributed by atoms with Crippen LogP contribution in [0.1, 0.15) is 16.1 Å². The number of benzene rings is 2. The Balaban J connectivity index is 1.50. The number of nitrogens with zero attached hydrogens (tertiary/aromatic N) is 3. The molecule has 0 unspecified atom stereocenters. The minimum atomic E-state index is -0.440. The van der Waals surface area contributed by atoms with Crippen molar-refractivity contribution in [1.29, 1.82) is 0 Å². The molecular formula is C20H15N5O3S2. The molecule has 0 spiro atoms. The molecule has 0 radical (unpaired) electrons. The lowest BCUT2D eigenvalue weighted by atomic mass is 10.2. The smallest absolute Gasteiger partial charge is 0.271 e. The van der Waals surface area contributed by atoms with Crippen LogP contribution >= 0.6 is 22.7 Å². The molecule has 2 aromatic carbocycles. The highest BCUT2D eigenvalue weighted by Crippen LogP contribution is 2.35. The fourth-order valence-electron chi connectivity index (χ4n) is 2.70. The molecule has 2 aromatic heterocycles. The summed E-state index contributed by atoms with van der Waals surface area (Å²) in [6, 6.07) is 15.2. The maximum atomic E-state index is 12.3. The molecule has 2 N–H and O–H groups in total. The van der Waals surface area contributed by atoms with Crippen LogP contribution in [0.4, 0.5) is 21.6 Å². The van der Waals surface area contributed by atoms with Crippen molar-refractivity contribution >= 4 is 50.2 Å². The summed E-state index contributed by atoms with van der Waals surface area (Å²) >= 11 is 2.73. The monoisotopic (exact) mass is 437 g/mol. The summed E-state index contributed by atoms with van der Waals surface area (Å²) in [5.74, 6) is -0.220. The number of aryl methyl sites for hydroxylation is 1. The standard InChI is InChI=1S/C20H15N5O3S2/c1-12-17(30-20(21-12)24-18(26)13-6-3-2-4-7-13)16-11-29-19(23-16)22-14-8-5-9-15(10-14)25(27)28/h2-11H,1H3,(H,22,23)(H,21,24,26). The lowest BCUT2D eigenvalue weighted by Crippen LogP contribution is -2.11. The maximum Gasteiger partial charge on any atom is 0.271 e. The van der Waals surface area contributed by atoms with Crippen LogP contribution in [0, 0.1) is 17.0 Å². The zero-order chi connectivity index (χ0) is 21.1. The van der Waals surface area contributed by atoms with Crippen molar-refractivity contribution in [1.82, 2.24) is 9.97 Å². The van der Waals surface area contributed by atoms with Gasteiger partial charge in [-0.05, 0) is 25.1 Å². The van der Waals surface area contributed by atoms with Gasteiger partial charge in [0.2, 0.25) is 0 Å². The second kappa shape index (κ2) is 8.39. The van der Waals surface area contributed by atoms with E-state index < -0.39 is 4.92 Å².